The minimum atomic E-state index is -5.08. The van der Waals surface area contributed by atoms with Crippen molar-refractivity contribution < 1.29 is 27.3 Å². The molecule has 0 amide bonds. The van der Waals surface area contributed by atoms with E-state index in [9.17, 15) is 17.4 Å². The van der Waals surface area contributed by atoms with Gasteiger partial charge in [-0.15, -0.1) is 0 Å². The monoisotopic (exact) mass is 317 g/mol. The van der Waals surface area contributed by atoms with Gasteiger partial charge in [0.15, 0.2) is 0 Å². The van der Waals surface area contributed by atoms with Gasteiger partial charge in [0.2, 0.25) is 0 Å². The van der Waals surface area contributed by atoms with E-state index in [1.807, 2.05) is 0 Å². The molecule has 0 radical (unpaired) electrons. The van der Waals surface area contributed by atoms with Crippen molar-refractivity contribution >= 4 is 15.9 Å². The van der Waals surface area contributed by atoms with Gasteiger partial charge in [0, 0.05) is 24.8 Å². The third kappa shape index (κ3) is 4.60. The molecule has 0 aromatic rings. The maximum Gasteiger partial charge on any atom is 0.490 e. The first-order valence-corrected chi connectivity index (χ1v) is 7.88. The van der Waals surface area contributed by atoms with E-state index < -0.39 is 22.1 Å². The Morgan fingerprint density at radius 1 is 1.35 bits per heavy atom. The molecule has 1 spiro atoms. The van der Waals surface area contributed by atoms with Crippen LogP contribution in [0.5, 0.6) is 0 Å². The molecule has 0 bridgehead atoms. The van der Waals surface area contributed by atoms with Crippen LogP contribution in [0.3, 0.4) is 0 Å². The first kappa shape index (κ1) is 17.2. The fourth-order valence-electron chi connectivity index (χ4n) is 2.22. The average molecular weight is 317 g/mol. The fraction of sp³-hybridized carbons (Fsp3) is 0.900. The number of alkyl halides is 3. The number of halogens is 3. The van der Waals surface area contributed by atoms with Gasteiger partial charge in [0.1, 0.15) is 9.92 Å². The minimum Gasteiger partial charge on any atom is -0.475 e. The van der Waals surface area contributed by atoms with Crippen molar-refractivity contribution in [2.45, 2.75) is 19.0 Å². The van der Waals surface area contributed by atoms with Crippen molar-refractivity contribution in [3.63, 3.8) is 0 Å². The number of rotatable bonds is 1. The number of carboxylic acids is 1. The van der Waals surface area contributed by atoms with E-state index in [1.165, 1.54) is 19.1 Å². The molecule has 2 rings (SSSR count). The summed E-state index contributed by atoms with van der Waals surface area (Å²) in [6.07, 6.45) is -1.21. The van der Waals surface area contributed by atoms with Crippen LogP contribution in [0.15, 0.2) is 0 Å². The van der Waals surface area contributed by atoms with Crippen molar-refractivity contribution in [1.29, 1.82) is 4.78 Å². The van der Waals surface area contributed by atoms with Gasteiger partial charge in [-0.2, -0.15) is 13.2 Å². The van der Waals surface area contributed by atoms with Crippen LogP contribution in [0, 0.1) is 10.2 Å². The Labute approximate surface area is 115 Å². The molecular formula is C10H18F3N3O3S. The summed E-state index contributed by atoms with van der Waals surface area (Å²) in [5.41, 5.74) is 0.394. The fourth-order valence-corrected chi connectivity index (χ4v) is 3.26. The largest absolute Gasteiger partial charge is 0.490 e. The summed E-state index contributed by atoms with van der Waals surface area (Å²) in [6, 6.07) is 0. The van der Waals surface area contributed by atoms with Gasteiger partial charge in [-0.25, -0.2) is 18.1 Å². The molecule has 2 fully saturated rings. The van der Waals surface area contributed by atoms with E-state index >= 15 is 0 Å². The Balaban J connectivity index is 0.000000246. The second-order valence-electron chi connectivity index (χ2n) is 5.15. The second kappa shape index (κ2) is 5.86. The Morgan fingerprint density at radius 2 is 1.75 bits per heavy atom. The van der Waals surface area contributed by atoms with Gasteiger partial charge < -0.3 is 10.4 Å². The summed E-state index contributed by atoms with van der Waals surface area (Å²) < 4.78 is 52.3. The summed E-state index contributed by atoms with van der Waals surface area (Å²) in [6.45, 7) is 3.90. The van der Waals surface area contributed by atoms with Gasteiger partial charge in [-0.3, -0.25) is 0 Å². The van der Waals surface area contributed by atoms with Crippen LogP contribution < -0.4 is 5.32 Å². The van der Waals surface area contributed by atoms with Gasteiger partial charge in [-0.05, 0) is 25.9 Å². The zero-order chi connectivity index (χ0) is 15.6. The highest BCUT2D eigenvalue weighted by Crippen LogP contribution is 2.39. The molecule has 0 saturated carbocycles. The van der Waals surface area contributed by atoms with E-state index in [-0.39, 0.29) is 0 Å². The quantitative estimate of drug-likeness (QED) is 0.670. The lowest BCUT2D eigenvalue weighted by atomic mass is 9.74. The molecule has 2 heterocycles. The molecule has 0 aromatic heterocycles. The van der Waals surface area contributed by atoms with Crippen molar-refractivity contribution in [2.24, 2.45) is 5.41 Å². The Bertz CT molecular complexity index is 450. The number of hydrogen-bond donors (Lipinski definition) is 3. The van der Waals surface area contributed by atoms with E-state index in [4.69, 9.17) is 14.7 Å². The number of carboxylic acid groups (broad SMARTS) is 1. The molecule has 3 N–H and O–H groups in total. The lowest BCUT2D eigenvalue weighted by Crippen LogP contribution is -2.60. The smallest absolute Gasteiger partial charge is 0.475 e. The summed E-state index contributed by atoms with van der Waals surface area (Å²) in [5.74, 6) is -2.76. The van der Waals surface area contributed by atoms with Crippen LogP contribution in [0.25, 0.3) is 0 Å². The van der Waals surface area contributed by atoms with Gasteiger partial charge in [0.25, 0.3) is 0 Å². The number of piperidine rings is 1. The van der Waals surface area contributed by atoms with E-state index in [0.717, 1.165) is 26.2 Å². The lowest BCUT2D eigenvalue weighted by Gasteiger charge is -2.52. The van der Waals surface area contributed by atoms with Crippen LogP contribution in [0.2, 0.25) is 0 Å². The first-order chi connectivity index (χ1) is 8.96. The van der Waals surface area contributed by atoms with Crippen LogP contribution in [-0.4, -0.2) is 58.2 Å². The molecule has 6 nitrogen and oxygen atoms in total. The summed E-state index contributed by atoms with van der Waals surface area (Å²) in [5, 5.41) is 10.4. The van der Waals surface area contributed by atoms with E-state index in [1.54, 1.807) is 4.31 Å². The first-order valence-electron chi connectivity index (χ1n) is 5.96. The zero-order valence-corrected chi connectivity index (χ0v) is 11.8. The Morgan fingerprint density at radius 3 is 2.05 bits per heavy atom. The van der Waals surface area contributed by atoms with E-state index in [2.05, 4.69) is 5.32 Å². The molecule has 1 atom stereocenters. The number of carbonyl (C=O) groups is 1. The normalized spacial score (nSPS) is 25.0. The lowest BCUT2D eigenvalue weighted by molar-refractivity contribution is -0.192. The summed E-state index contributed by atoms with van der Waals surface area (Å²) in [7, 11) is -2.43. The minimum absolute atomic E-state index is 0.394. The second-order valence-corrected chi connectivity index (χ2v) is 7.27. The SMILES string of the molecule is CS(=N)(=O)N1CC2(CCNCC2)C1.O=C(O)C(F)(F)F. The van der Waals surface area contributed by atoms with Gasteiger partial charge in [-0.1, -0.05) is 0 Å². The summed E-state index contributed by atoms with van der Waals surface area (Å²) in [4.78, 5) is 8.90. The molecule has 0 aliphatic carbocycles. The highest BCUT2D eigenvalue weighted by molar-refractivity contribution is 7.89. The van der Waals surface area contributed by atoms with Crippen LogP contribution >= 0.6 is 0 Å². The van der Waals surface area contributed by atoms with Crippen molar-refractivity contribution in [2.75, 3.05) is 32.4 Å². The maximum absolute atomic E-state index is 11.4. The third-order valence-electron chi connectivity index (χ3n) is 3.42. The number of nitrogens with one attached hydrogen (secondary N) is 2. The topological polar surface area (TPSA) is 93.5 Å². The predicted molar refractivity (Wildman–Crippen MR) is 66.6 cm³/mol. The molecule has 0 aromatic carbocycles. The molecule has 20 heavy (non-hydrogen) atoms. The molecule has 10 heteroatoms. The third-order valence-corrected chi connectivity index (χ3v) is 4.67. The highest BCUT2D eigenvalue weighted by Gasteiger charge is 2.45. The molecule has 2 saturated heterocycles. The van der Waals surface area contributed by atoms with Crippen molar-refractivity contribution in [1.82, 2.24) is 9.62 Å². The Hall–Kier alpha value is -0.870. The van der Waals surface area contributed by atoms with Gasteiger partial charge >= 0.3 is 12.1 Å². The number of hydrogen-bond acceptors (Lipinski definition) is 4. The predicted octanol–water partition coefficient (Wildman–Crippen LogP) is 0.897. The zero-order valence-electron chi connectivity index (χ0n) is 11.0. The van der Waals surface area contributed by atoms with Gasteiger partial charge in [0.05, 0.1) is 0 Å². The van der Waals surface area contributed by atoms with Crippen LogP contribution in [0.1, 0.15) is 12.8 Å². The maximum atomic E-state index is 11.4. The van der Waals surface area contributed by atoms with E-state index in [0.29, 0.717) is 5.41 Å². The number of aliphatic carboxylic acids is 1. The molecule has 1 unspecified atom stereocenters. The standard InChI is InChI=1S/C8H17N3OS.C2HF3O2/c1-13(9,12)11-6-8(7-11)2-4-10-5-3-8;3-2(4,5)1(6)7/h9-10H,2-7H2,1H3;(H,6,7). The van der Waals surface area contributed by atoms with Crippen molar-refractivity contribution in [3.05, 3.63) is 0 Å². The number of nitrogens with zero attached hydrogens (tertiary/aromatic N) is 1. The molecular weight excluding hydrogens is 299 g/mol. The van der Waals surface area contributed by atoms with Crippen LogP contribution in [0.4, 0.5) is 13.2 Å². The molecule has 2 aliphatic heterocycles. The molecule has 118 valence electrons. The Kier molecular flexibility index (Phi) is 5.03. The average Bonchev–Trinajstić information content (AvgIpc) is 2.25. The molecule has 2 aliphatic rings. The van der Waals surface area contributed by atoms with Crippen molar-refractivity contribution in [3.8, 4) is 0 Å². The highest BCUT2D eigenvalue weighted by atomic mass is 32.2. The van der Waals surface area contributed by atoms with Crippen LogP contribution in [-0.2, 0) is 14.7 Å². The summed E-state index contributed by atoms with van der Waals surface area (Å²) >= 11 is 0.